The first-order chi connectivity index (χ1) is 5.70. The molecule has 0 aromatic carbocycles. The zero-order chi connectivity index (χ0) is 10.7. The van der Waals surface area contributed by atoms with Crippen LogP contribution < -0.4 is 0 Å². The third kappa shape index (κ3) is 3.97. The van der Waals surface area contributed by atoms with Gasteiger partial charge in [-0.25, -0.2) is 0 Å². The summed E-state index contributed by atoms with van der Waals surface area (Å²) in [4.78, 5) is 0. The van der Waals surface area contributed by atoms with Crippen LogP contribution in [0.4, 0.5) is 0 Å². The summed E-state index contributed by atoms with van der Waals surface area (Å²) in [5.74, 6) is 0. The van der Waals surface area contributed by atoms with Crippen LogP contribution in [0.5, 0.6) is 0 Å². The average Bonchev–Trinajstić information content (AvgIpc) is 1.98. The molecule has 0 aliphatic rings. The van der Waals surface area contributed by atoms with Crippen molar-refractivity contribution in [1.29, 1.82) is 0 Å². The van der Waals surface area contributed by atoms with Gasteiger partial charge in [0.2, 0.25) is 0 Å². The van der Waals surface area contributed by atoms with Gasteiger partial charge in [-0.05, 0) is 24.0 Å². The molecule has 0 spiro atoms. The lowest BCUT2D eigenvalue weighted by molar-refractivity contribution is 0.729. The molecule has 0 aliphatic carbocycles. The van der Waals surface area contributed by atoms with E-state index in [1.165, 1.54) is 5.57 Å². The van der Waals surface area contributed by atoms with E-state index in [0.29, 0.717) is 5.04 Å². The first-order valence-corrected chi connectivity index (χ1v) is 8.22. The Morgan fingerprint density at radius 2 is 1.77 bits per heavy atom. The van der Waals surface area contributed by atoms with Crippen LogP contribution in [0.25, 0.3) is 0 Å². The zero-order valence-corrected chi connectivity index (χ0v) is 11.3. The molecule has 0 fully saturated rings. The Morgan fingerprint density at radius 3 is 2.08 bits per heavy atom. The predicted octanol–water partition coefficient (Wildman–Crippen LogP) is 4.55. The summed E-state index contributed by atoms with van der Waals surface area (Å²) in [5.41, 5.74) is 7.15. The van der Waals surface area contributed by atoms with Crippen LogP contribution in [0.3, 0.4) is 0 Å². The second kappa shape index (κ2) is 4.30. The lowest BCUT2D eigenvalue weighted by Crippen LogP contribution is -2.34. The Kier molecular flexibility index (Phi) is 4.21. The van der Waals surface area contributed by atoms with Gasteiger partial charge < -0.3 is 0 Å². The van der Waals surface area contributed by atoms with Crippen molar-refractivity contribution in [2.75, 3.05) is 0 Å². The summed E-state index contributed by atoms with van der Waals surface area (Å²) in [6.45, 7) is 16.1. The predicted molar refractivity (Wildman–Crippen MR) is 64.8 cm³/mol. The fraction of sp³-hybridized carbons (Fsp3) is 0.750. The van der Waals surface area contributed by atoms with E-state index in [1.807, 2.05) is 0 Å². The molecule has 0 N–H and O–H groups in total. The second-order valence-electron chi connectivity index (χ2n) is 5.39. The average molecular weight is 196 g/mol. The smallest absolute Gasteiger partial charge is 0.0865 e. The van der Waals surface area contributed by atoms with Crippen molar-refractivity contribution in [3.8, 4) is 0 Å². The highest BCUT2D eigenvalue weighted by Crippen LogP contribution is 2.36. The van der Waals surface area contributed by atoms with E-state index in [0.717, 1.165) is 6.42 Å². The highest BCUT2D eigenvalue weighted by Gasteiger charge is 2.32. The third-order valence-corrected chi connectivity index (χ3v) is 7.87. The van der Waals surface area contributed by atoms with Crippen LogP contribution >= 0.6 is 0 Å². The summed E-state index contributed by atoms with van der Waals surface area (Å²) in [6.07, 6.45) is 1.12. The van der Waals surface area contributed by atoms with Crippen molar-refractivity contribution in [3.05, 3.63) is 17.0 Å². The molecule has 13 heavy (non-hydrogen) atoms. The molecule has 0 rings (SSSR count). The lowest BCUT2D eigenvalue weighted by Gasteiger charge is -2.33. The van der Waals surface area contributed by atoms with Crippen molar-refractivity contribution in [2.45, 2.75) is 59.2 Å². The van der Waals surface area contributed by atoms with E-state index in [9.17, 15) is 0 Å². The van der Waals surface area contributed by atoms with Crippen molar-refractivity contribution >= 4 is 8.07 Å². The second-order valence-corrected chi connectivity index (χ2v) is 10.6. The van der Waals surface area contributed by atoms with E-state index in [-0.39, 0.29) is 0 Å². The maximum absolute atomic E-state index is 3.43. The molecule has 0 unspecified atom stereocenters. The molecule has 0 heterocycles. The summed E-state index contributed by atoms with van der Waals surface area (Å²) < 4.78 is 0. The van der Waals surface area contributed by atoms with E-state index >= 15 is 0 Å². The van der Waals surface area contributed by atoms with E-state index in [1.54, 1.807) is 0 Å². The Hall–Kier alpha value is -0.263. The maximum Gasteiger partial charge on any atom is 0.0865 e. The van der Waals surface area contributed by atoms with Gasteiger partial charge in [0.1, 0.15) is 0 Å². The number of hydrogen-bond acceptors (Lipinski definition) is 0. The van der Waals surface area contributed by atoms with Gasteiger partial charge in [0.15, 0.2) is 0 Å². The van der Waals surface area contributed by atoms with Crippen LogP contribution in [0.15, 0.2) is 17.0 Å². The minimum atomic E-state index is -1.24. The van der Waals surface area contributed by atoms with Gasteiger partial charge in [-0.1, -0.05) is 46.5 Å². The van der Waals surface area contributed by atoms with Crippen molar-refractivity contribution in [2.24, 2.45) is 0 Å². The van der Waals surface area contributed by atoms with Gasteiger partial charge in [0.05, 0.1) is 8.07 Å². The minimum Gasteiger partial charge on any atom is -0.131 e. The maximum atomic E-state index is 3.43. The van der Waals surface area contributed by atoms with E-state index in [4.69, 9.17) is 0 Å². The lowest BCUT2D eigenvalue weighted by atomic mass is 10.2. The topological polar surface area (TPSA) is 0 Å². The molecule has 0 aliphatic heterocycles. The largest absolute Gasteiger partial charge is 0.131 e. The fourth-order valence-electron chi connectivity index (χ4n) is 0.622. The molecule has 0 saturated carbocycles. The van der Waals surface area contributed by atoms with Gasteiger partial charge in [-0.15, -0.1) is 5.73 Å². The molecule has 0 aromatic rings. The molecule has 0 aromatic heterocycles. The van der Waals surface area contributed by atoms with Gasteiger partial charge in [0.25, 0.3) is 0 Å². The van der Waals surface area contributed by atoms with Crippen LogP contribution in [0.2, 0.25) is 18.1 Å². The van der Waals surface area contributed by atoms with Crippen LogP contribution in [-0.4, -0.2) is 8.07 Å². The molecule has 0 bridgehead atoms. The van der Waals surface area contributed by atoms with Crippen LogP contribution in [-0.2, 0) is 0 Å². The molecule has 0 atom stereocenters. The third-order valence-electron chi connectivity index (χ3n) is 3.14. The van der Waals surface area contributed by atoms with Crippen molar-refractivity contribution in [1.82, 2.24) is 0 Å². The molecular weight excluding hydrogens is 172 g/mol. The fourth-order valence-corrected chi connectivity index (χ4v) is 1.66. The molecule has 0 amide bonds. The molecule has 1 heteroatoms. The number of hydrogen-bond donors (Lipinski definition) is 0. The Balaban J connectivity index is 4.80. The van der Waals surface area contributed by atoms with Crippen LogP contribution in [0.1, 0.15) is 41.0 Å². The van der Waals surface area contributed by atoms with Crippen molar-refractivity contribution in [3.63, 3.8) is 0 Å². The van der Waals surface area contributed by atoms with E-state index < -0.39 is 8.07 Å². The standard InChI is InChI=1S/C12H24Si/c1-8-11(2)9-10-13(6,7)12(3,4)5/h10H,8H2,1-7H3. The highest BCUT2D eigenvalue weighted by atomic mass is 28.3. The van der Waals surface area contributed by atoms with Gasteiger partial charge in [0, 0.05) is 0 Å². The van der Waals surface area contributed by atoms with Crippen LogP contribution in [0, 0.1) is 0 Å². The molecule has 76 valence electrons. The van der Waals surface area contributed by atoms with Gasteiger partial charge >= 0.3 is 0 Å². The number of rotatable bonds is 2. The molecule has 0 radical (unpaired) electrons. The highest BCUT2D eigenvalue weighted by molar-refractivity contribution is 6.84. The SMILES string of the molecule is CCC(C)=C=C[Si](C)(C)C(C)(C)C. The summed E-state index contributed by atoms with van der Waals surface area (Å²) in [5, 5.41) is 0.439. The first kappa shape index (κ1) is 12.7. The zero-order valence-electron chi connectivity index (χ0n) is 10.3. The molecule has 0 saturated heterocycles. The van der Waals surface area contributed by atoms with E-state index in [2.05, 4.69) is 59.1 Å². The van der Waals surface area contributed by atoms with Crippen molar-refractivity contribution < 1.29 is 0 Å². The molecular formula is C12H24Si. The Morgan fingerprint density at radius 1 is 1.31 bits per heavy atom. The van der Waals surface area contributed by atoms with Gasteiger partial charge in [-0.2, -0.15) is 0 Å². The summed E-state index contributed by atoms with van der Waals surface area (Å²) in [6, 6.07) is 0. The monoisotopic (exact) mass is 196 g/mol. The molecule has 0 nitrogen and oxygen atoms in total. The normalized spacial score (nSPS) is 12.2. The minimum absolute atomic E-state index is 0.439. The number of allylic oxidation sites excluding steroid dienone is 1. The first-order valence-electron chi connectivity index (χ1n) is 5.14. The summed E-state index contributed by atoms with van der Waals surface area (Å²) >= 11 is 0. The quantitative estimate of drug-likeness (QED) is 0.449. The summed E-state index contributed by atoms with van der Waals surface area (Å²) in [7, 11) is -1.24. The van der Waals surface area contributed by atoms with Gasteiger partial charge in [-0.3, -0.25) is 0 Å². The Labute approximate surface area is 84.8 Å². The Bertz CT molecular complexity index is 222.